The highest BCUT2D eigenvalue weighted by atomic mass is 35.5. The van der Waals surface area contributed by atoms with Crippen molar-refractivity contribution in [1.29, 1.82) is 0 Å². The number of amides is 2. The Labute approximate surface area is 247 Å². The fourth-order valence-corrected chi connectivity index (χ4v) is 5.24. The van der Waals surface area contributed by atoms with Crippen molar-refractivity contribution in [3.05, 3.63) is 41.3 Å². The summed E-state index contributed by atoms with van der Waals surface area (Å²) in [5.41, 5.74) is 1.36. The van der Waals surface area contributed by atoms with E-state index in [1.807, 2.05) is 0 Å². The Kier molecular flexibility index (Phi) is 8.12. The van der Waals surface area contributed by atoms with Crippen LogP contribution >= 0.6 is 11.6 Å². The number of hydrogen-bond acceptors (Lipinski definition) is 12. The molecule has 230 valence electrons. The first-order valence-electron chi connectivity index (χ1n) is 13.0. The summed E-state index contributed by atoms with van der Waals surface area (Å²) in [7, 11) is 0. The Balaban J connectivity index is 1.39. The number of aliphatic hydroxyl groups excluding tert-OH is 2. The molecule has 2 saturated heterocycles. The summed E-state index contributed by atoms with van der Waals surface area (Å²) >= 11 is 5.90. The van der Waals surface area contributed by atoms with Gasteiger partial charge in [0.15, 0.2) is 11.9 Å². The van der Waals surface area contributed by atoms with Gasteiger partial charge in [0.2, 0.25) is 5.28 Å². The SMILES string of the molecule is Nc1nc(Cl)nc2c1cnn2[C@@H]1O[C@H](COC(Cc2ccc(N3CCCNC3=O)cc2)(C(=O)O)C(=O)O)[C@@](O)(CO)[C@H]1O. The van der Waals surface area contributed by atoms with Gasteiger partial charge in [0.25, 0.3) is 5.60 Å². The van der Waals surface area contributed by atoms with E-state index in [2.05, 4.69) is 20.4 Å². The second-order valence-corrected chi connectivity index (χ2v) is 10.5. The lowest BCUT2D eigenvalue weighted by atomic mass is 9.91. The number of ether oxygens (including phenoxy) is 2. The molecular formula is C25H28ClN7O10. The van der Waals surface area contributed by atoms with Crippen LogP contribution in [0.2, 0.25) is 5.28 Å². The number of carbonyl (C=O) groups is 3. The fraction of sp³-hybridized carbons (Fsp3) is 0.440. The Bertz CT molecular complexity index is 1540. The number of aliphatic carboxylic acids is 2. The highest BCUT2D eigenvalue weighted by molar-refractivity contribution is 6.28. The monoisotopic (exact) mass is 621 g/mol. The number of halogens is 1. The lowest BCUT2D eigenvalue weighted by Crippen LogP contribution is -2.56. The number of carbonyl (C=O) groups excluding carboxylic acids is 1. The highest BCUT2D eigenvalue weighted by Gasteiger charge is 2.58. The number of aromatic nitrogens is 4. The fourth-order valence-electron chi connectivity index (χ4n) is 5.07. The van der Waals surface area contributed by atoms with E-state index in [4.69, 9.17) is 26.8 Å². The molecule has 18 heteroatoms. The van der Waals surface area contributed by atoms with E-state index < -0.39 is 61.2 Å². The van der Waals surface area contributed by atoms with Gasteiger partial charge < -0.3 is 46.1 Å². The first kappa shape index (κ1) is 30.3. The molecule has 8 N–H and O–H groups in total. The van der Waals surface area contributed by atoms with Crippen molar-refractivity contribution >= 4 is 52.1 Å². The van der Waals surface area contributed by atoms with Crippen molar-refractivity contribution in [3.8, 4) is 0 Å². The number of nitrogens with one attached hydrogen (secondary N) is 1. The summed E-state index contributed by atoms with van der Waals surface area (Å²) in [6.45, 7) is -0.929. The first-order chi connectivity index (χ1) is 20.4. The third kappa shape index (κ3) is 5.30. The zero-order valence-electron chi connectivity index (χ0n) is 22.3. The predicted octanol–water partition coefficient (Wildman–Crippen LogP) is -0.869. The normalized spacial score (nSPS) is 24.3. The number of fused-ring (bicyclic) bond motifs is 1. The zero-order valence-corrected chi connectivity index (χ0v) is 23.1. The molecule has 2 amide bonds. The van der Waals surface area contributed by atoms with Crippen molar-refractivity contribution in [2.75, 3.05) is 36.9 Å². The summed E-state index contributed by atoms with van der Waals surface area (Å²) in [6.07, 6.45) is -3.66. The molecule has 1 aromatic carbocycles. The van der Waals surface area contributed by atoms with Crippen LogP contribution in [0, 0.1) is 0 Å². The average Bonchev–Trinajstić information content (AvgIpc) is 3.50. The Morgan fingerprint density at radius 3 is 2.56 bits per heavy atom. The van der Waals surface area contributed by atoms with Crippen LogP contribution in [-0.4, -0.2) is 113 Å². The topological polar surface area (TPSA) is 256 Å². The number of rotatable bonds is 10. The Morgan fingerprint density at radius 2 is 1.93 bits per heavy atom. The Hall–Kier alpha value is -4.13. The van der Waals surface area contributed by atoms with Crippen molar-refractivity contribution in [3.63, 3.8) is 0 Å². The molecule has 0 radical (unpaired) electrons. The van der Waals surface area contributed by atoms with E-state index in [1.165, 1.54) is 23.2 Å². The minimum Gasteiger partial charge on any atom is -0.479 e. The van der Waals surface area contributed by atoms with Crippen LogP contribution in [-0.2, 0) is 25.5 Å². The molecule has 5 rings (SSSR count). The van der Waals surface area contributed by atoms with E-state index in [-0.39, 0.29) is 33.7 Å². The zero-order chi connectivity index (χ0) is 31.1. The lowest BCUT2D eigenvalue weighted by molar-refractivity contribution is -0.195. The smallest absolute Gasteiger partial charge is 0.348 e. The maximum Gasteiger partial charge on any atom is 0.348 e. The number of carboxylic acids is 2. The maximum absolute atomic E-state index is 12.4. The lowest BCUT2D eigenvalue weighted by Gasteiger charge is -2.32. The molecule has 43 heavy (non-hydrogen) atoms. The number of nitrogens with zero attached hydrogens (tertiary/aromatic N) is 5. The standard InChI is InChI=1S/C25H28ClN7O10/c26-22-30-17(27)14-9-29-33(18(14)31-22)19-16(35)24(41,11-34)15(43-19)10-42-25(20(36)37,21(38)39)8-12-2-4-13(5-3-12)32-7-1-6-28-23(32)40/h2-5,9,15-16,19,34-35,41H,1,6-8,10-11H2,(H,28,40)(H,36,37)(H,38,39)(H2,27,30,31)/t15-,16+,19-,24+/m1/s1. The third-order valence-corrected chi connectivity index (χ3v) is 7.72. The molecule has 0 unspecified atom stereocenters. The van der Waals surface area contributed by atoms with E-state index in [1.54, 1.807) is 12.1 Å². The number of benzene rings is 1. The highest BCUT2D eigenvalue weighted by Crippen LogP contribution is 2.39. The molecule has 0 saturated carbocycles. The largest absolute Gasteiger partial charge is 0.479 e. The van der Waals surface area contributed by atoms with Gasteiger partial charge in [-0.3, -0.25) is 4.90 Å². The maximum atomic E-state index is 12.4. The minimum atomic E-state index is -2.86. The van der Waals surface area contributed by atoms with Crippen molar-refractivity contribution in [2.45, 2.75) is 42.5 Å². The summed E-state index contributed by atoms with van der Waals surface area (Å²) in [6, 6.07) is 5.76. The number of aliphatic hydroxyl groups is 3. The summed E-state index contributed by atoms with van der Waals surface area (Å²) in [5.74, 6) is -3.71. The van der Waals surface area contributed by atoms with Gasteiger partial charge in [-0.25, -0.2) is 24.0 Å². The van der Waals surface area contributed by atoms with Crippen LogP contribution in [0.1, 0.15) is 18.2 Å². The van der Waals surface area contributed by atoms with E-state index >= 15 is 0 Å². The number of carboxylic acid groups (broad SMARTS) is 2. The van der Waals surface area contributed by atoms with Crippen LogP contribution < -0.4 is 16.0 Å². The quantitative estimate of drug-likeness (QED) is 0.107. The van der Waals surface area contributed by atoms with Gasteiger partial charge in [-0.1, -0.05) is 12.1 Å². The molecule has 2 fully saturated rings. The van der Waals surface area contributed by atoms with Crippen molar-refractivity contribution < 1.29 is 49.4 Å². The van der Waals surface area contributed by atoms with Crippen LogP contribution in [0.15, 0.2) is 30.5 Å². The number of hydrogen-bond donors (Lipinski definition) is 7. The summed E-state index contributed by atoms with van der Waals surface area (Å²) < 4.78 is 12.3. The van der Waals surface area contributed by atoms with Crippen LogP contribution in [0.3, 0.4) is 0 Å². The molecule has 0 aliphatic carbocycles. The van der Waals surface area contributed by atoms with Gasteiger partial charge >= 0.3 is 18.0 Å². The number of urea groups is 1. The summed E-state index contributed by atoms with van der Waals surface area (Å²) in [5, 5.41) is 58.9. The van der Waals surface area contributed by atoms with Gasteiger partial charge in [0.1, 0.15) is 23.6 Å². The third-order valence-electron chi connectivity index (χ3n) is 7.55. The average molecular weight is 622 g/mol. The second-order valence-electron chi connectivity index (χ2n) is 10.1. The second kappa shape index (κ2) is 11.5. The molecule has 4 atom stereocenters. The van der Waals surface area contributed by atoms with Crippen LogP contribution in [0.4, 0.5) is 16.3 Å². The molecule has 0 bridgehead atoms. The number of anilines is 2. The molecule has 2 aromatic heterocycles. The molecule has 2 aliphatic rings. The van der Waals surface area contributed by atoms with Gasteiger partial charge in [-0.15, -0.1) is 0 Å². The number of nitrogens with two attached hydrogens (primary N) is 1. The molecule has 4 heterocycles. The molecule has 2 aliphatic heterocycles. The molecule has 17 nitrogen and oxygen atoms in total. The van der Waals surface area contributed by atoms with Crippen LogP contribution in [0.25, 0.3) is 11.0 Å². The van der Waals surface area contributed by atoms with Crippen molar-refractivity contribution in [2.24, 2.45) is 0 Å². The summed E-state index contributed by atoms with van der Waals surface area (Å²) in [4.78, 5) is 46.2. The van der Waals surface area contributed by atoms with E-state index in [0.717, 1.165) is 11.1 Å². The molecular weight excluding hydrogens is 594 g/mol. The van der Waals surface area contributed by atoms with Gasteiger partial charge in [-0.2, -0.15) is 10.1 Å². The van der Waals surface area contributed by atoms with E-state index in [9.17, 15) is 39.9 Å². The van der Waals surface area contributed by atoms with Gasteiger partial charge in [0, 0.05) is 25.2 Å². The number of nitrogen functional groups attached to an aromatic ring is 1. The van der Waals surface area contributed by atoms with Crippen LogP contribution in [0.5, 0.6) is 0 Å². The Morgan fingerprint density at radius 1 is 1.23 bits per heavy atom. The minimum absolute atomic E-state index is 0.0223. The molecule has 3 aromatic rings. The first-order valence-corrected chi connectivity index (χ1v) is 13.4. The molecule has 0 spiro atoms. The predicted molar refractivity (Wildman–Crippen MR) is 146 cm³/mol. The van der Waals surface area contributed by atoms with Gasteiger partial charge in [0.05, 0.1) is 24.8 Å². The van der Waals surface area contributed by atoms with Gasteiger partial charge in [-0.05, 0) is 35.7 Å². The van der Waals surface area contributed by atoms with E-state index in [0.29, 0.717) is 18.8 Å². The van der Waals surface area contributed by atoms with Crippen molar-refractivity contribution in [1.82, 2.24) is 25.1 Å².